The quantitative estimate of drug-likeness (QED) is 0.0262. The van der Waals surface area contributed by atoms with Gasteiger partial charge in [0.05, 0.1) is 0 Å². The van der Waals surface area contributed by atoms with E-state index in [1.165, 1.54) is 128 Å². The highest BCUT2D eigenvalue weighted by molar-refractivity contribution is 5.71. The lowest BCUT2D eigenvalue weighted by Gasteiger charge is -2.18. The maximum Gasteiger partial charge on any atom is 0.306 e. The van der Waals surface area contributed by atoms with Crippen LogP contribution in [0.2, 0.25) is 0 Å². The average molecular weight is 962 g/mol. The van der Waals surface area contributed by atoms with E-state index in [0.717, 1.165) is 109 Å². The van der Waals surface area contributed by atoms with Crippen molar-refractivity contribution in [2.45, 2.75) is 284 Å². The van der Waals surface area contributed by atoms with Gasteiger partial charge in [0.2, 0.25) is 0 Å². The molecule has 0 saturated heterocycles. The zero-order chi connectivity index (χ0) is 50.0. The van der Waals surface area contributed by atoms with E-state index < -0.39 is 6.10 Å². The molecule has 0 fully saturated rings. The van der Waals surface area contributed by atoms with Crippen molar-refractivity contribution in [3.8, 4) is 0 Å². The Labute approximate surface area is 426 Å². The second-order valence-electron chi connectivity index (χ2n) is 19.4. The molecule has 0 aliphatic rings. The Morgan fingerprint density at radius 3 is 0.841 bits per heavy atom. The second-order valence-corrected chi connectivity index (χ2v) is 19.4. The molecule has 0 amide bonds. The van der Waals surface area contributed by atoms with E-state index in [1.807, 2.05) is 0 Å². The molecule has 0 heterocycles. The molecule has 0 aliphatic heterocycles. The summed E-state index contributed by atoms with van der Waals surface area (Å²) >= 11 is 0. The average Bonchev–Trinajstić information content (AvgIpc) is 3.35. The van der Waals surface area contributed by atoms with Crippen LogP contribution in [0.15, 0.2) is 85.1 Å². The summed E-state index contributed by atoms with van der Waals surface area (Å²) in [5, 5.41) is 0. The molecule has 396 valence electrons. The molecule has 0 bridgehead atoms. The highest BCUT2D eigenvalue weighted by Gasteiger charge is 2.19. The molecule has 1 atom stereocenters. The van der Waals surface area contributed by atoms with Crippen LogP contribution in [0.1, 0.15) is 278 Å². The first-order valence-corrected chi connectivity index (χ1v) is 29.2. The number of carbonyl (C=O) groups excluding carboxylic acids is 3. The van der Waals surface area contributed by atoms with Crippen LogP contribution in [0.4, 0.5) is 0 Å². The topological polar surface area (TPSA) is 78.9 Å². The van der Waals surface area contributed by atoms with Crippen molar-refractivity contribution in [2.75, 3.05) is 13.2 Å². The summed E-state index contributed by atoms with van der Waals surface area (Å²) in [7, 11) is 0. The number of ether oxygens (including phenoxy) is 3. The largest absolute Gasteiger partial charge is 0.462 e. The van der Waals surface area contributed by atoms with E-state index in [2.05, 4.69) is 106 Å². The smallest absolute Gasteiger partial charge is 0.306 e. The van der Waals surface area contributed by atoms with Gasteiger partial charge in [0.15, 0.2) is 6.10 Å². The molecule has 0 aromatic rings. The van der Waals surface area contributed by atoms with Gasteiger partial charge in [-0.15, -0.1) is 0 Å². The van der Waals surface area contributed by atoms with Gasteiger partial charge < -0.3 is 14.2 Å². The molecule has 0 N–H and O–H groups in total. The molecule has 6 nitrogen and oxygen atoms in total. The van der Waals surface area contributed by atoms with Gasteiger partial charge in [-0.25, -0.2) is 0 Å². The van der Waals surface area contributed by atoms with Crippen LogP contribution in [-0.4, -0.2) is 37.2 Å². The van der Waals surface area contributed by atoms with Gasteiger partial charge in [-0.2, -0.15) is 0 Å². The van der Waals surface area contributed by atoms with E-state index in [4.69, 9.17) is 14.2 Å². The molecule has 0 aromatic heterocycles. The second kappa shape index (κ2) is 57.2. The highest BCUT2D eigenvalue weighted by atomic mass is 16.6. The molecular weight excluding hydrogens is 853 g/mol. The number of allylic oxidation sites excluding steroid dienone is 14. The predicted octanol–water partition coefficient (Wildman–Crippen LogP) is 19.5. The number of unbranched alkanes of at least 4 members (excludes halogenated alkanes) is 32. The van der Waals surface area contributed by atoms with E-state index in [9.17, 15) is 14.4 Å². The van der Waals surface area contributed by atoms with Gasteiger partial charge in [-0.3, -0.25) is 14.4 Å². The molecule has 0 saturated carbocycles. The van der Waals surface area contributed by atoms with Crippen LogP contribution in [0, 0.1) is 0 Å². The Morgan fingerprint density at radius 2 is 0.522 bits per heavy atom. The first-order valence-electron chi connectivity index (χ1n) is 29.2. The fourth-order valence-corrected chi connectivity index (χ4v) is 8.10. The molecule has 0 aliphatic carbocycles. The van der Waals surface area contributed by atoms with E-state index >= 15 is 0 Å². The summed E-state index contributed by atoms with van der Waals surface area (Å²) in [5.74, 6) is -0.927. The first-order chi connectivity index (χ1) is 34.0. The van der Waals surface area contributed by atoms with Gasteiger partial charge in [-0.1, -0.05) is 273 Å². The lowest BCUT2D eigenvalue weighted by atomic mass is 10.0. The van der Waals surface area contributed by atoms with E-state index in [0.29, 0.717) is 19.3 Å². The molecule has 1 unspecified atom stereocenters. The van der Waals surface area contributed by atoms with Crippen molar-refractivity contribution in [3.05, 3.63) is 85.1 Å². The van der Waals surface area contributed by atoms with Crippen molar-refractivity contribution in [3.63, 3.8) is 0 Å². The minimum Gasteiger partial charge on any atom is -0.462 e. The summed E-state index contributed by atoms with van der Waals surface area (Å²) in [4.78, 5) is 38.2. The molecule has 0 rings (SSSR count). The van der Waals surface area contributed by atoms with E-state index in [1.54, 1.807) is 0 Å². The maximum atomic E-state index is 12.9. The van der Waals surface area contributed by atoms with Crippen molar-refractivity contribution < 1.29 is 28.6 Å². The van der Waals surface area contributed by atoms with Crippen LogP contribution < -0.4 is 0 Å². The van der Waals surface area contributed by atoms with Gasteiger partial charge in [0.25, 0.3) is 0 Å². The fraction of sp³-hybridized carbons (Fsp3) is 0.730. The molecule has 0 radical (unpaired) electrons. The lowest BCUT2D eigenvalue weighted by molar-refractivity contribution is -0.167. The molecule has 69 heavy (non-hydrogen) atoms. The SMILES string of the molecule is CCCCC\C=C/C=C\C=C/C=C\CCCCCCCC(=O)OCC(COC(=O)CCCCCCCCCCCCCCCCC)OC(=O)CCCCCCC\C=C/C=C\C=C/CCCCCCC. The van der Waals surface area contributed by atoms with Crippen LogP contribution in [-0.2, 0) is 28.6 Å². The van der Waals surface area contributed by atoms with Crippen molar-refractivity contribution in [1.82, 2.24) is 0 Å². The summed E-state index contributed by atoms with van der Waals surface area (Å²) < 4.78 is 16.9. The maximum absolute atomic E-state index is 12.9. The Kier molecular flexibility index (Phi) is 54.3. The monoisotopic (exact) mass is 961 g/mol. The van der Waals surface area contributed by atoms with Gasteiger partial charge >= 0.3 is 17.9 Å². The van der Waals surface area contributed by atoms with Crippen molar-refractivity contribution in [2.24, 2.45) is 0 Å². The number of carbonyl (C=O) groups is 3. The minimum atomic E-state index is -0.797. The summed E-state index contributed by atoms with van der Waals surface area (Å²) in [6.45, 7) is 6.57. The van der Waals surface area contributed by atoms with Gasteiger partial charge in [-0.05, 0) is 70.6 Å². The van der Waals surface area contributed by atoms with Crippen LogP contribution >= 0.6 is 0 Å². The Hall–Kier alpha value is -3.41. The summed E-state index contributed by atoms with van der Waals surface area (Å²) in [6, 6.07) is 0. The van der Waals surface area contributed by atoms with Crippen LogP contribution in [0.5, 0.6) is 0 Å². The fourth-order valence-electron chi connectivity index (χ4n) is 8.10. The standard InChI is InChI=1S/C63H108O6/c1-4-7-10-13-16-19-22-25-28-30-32-35-38-41-44-47-50-53-56-62(65)68-59-60(58-67-61(64)55-52-49-46-43-40-37-34-27-24-21-18-15-12-9-6-3)69-63(66)57-54-51-48-45-42-39-36-33-31-29-26-23-20-17-14-11-8-5-2/h16,19,22-23,25-26,28-33,35-36,60H,4-15,17-18,20-21,24,27,34,37-59H2,1-3H3/b19-16-,25-22-,26-23-,30-28-,31-29-,35-32-,36-33-. The van der Waals surface area contributed by atoms with Gasteiger partial charge in [0, 0.05) is 19.3 Å². The summed E-state index contributed by atoms with van der Waals surface area (Å²) in [5.41, 5.74) is 0. The first kappa shape index (κ1) is 65.6. The number of esters is 3. The third kappa shape index (κ3) is 55.4. The van der Waals surface area contributed by atoms with Crippen molar-refractivity contribution >= 4 is 17.9 Å². The Bertz CT molecular complexity index is 1330. The van der Waals surface area contributed by atoms with Crippen molar-refractivity contribution in [1.29, 1.82) is 0 Å². The zero-order valence-corrected chi connectivity index (χ0v) is 45.3. The van der Waals surface area contributed by atoms with Crippen LogP contribution in [0.3, 0.4) is 0 Å². The molecule has 0 spiro atoms. The predicted molar refractivity (Wildman–Crippen MR) is 297 cm³/mol. The lowest BCUT2D eigenvalue weighted by Crippen LogP contribution is -2.30. The third-order valence-corrected chi connectivity index (χ3v) is 12.5. The van der Waals surface area contributed by atoms with Crippen LogP contribution in [0.25, 0.3) is 0 Å². The normalized spacial score (nSPS) is 12.7. The minimum absolute atomic E-state index is 0.0911. The number of hydrogen-bond acceptors (Lipinski definition) is 6. The Morgan fingerprint density at radius 1 is 0.290 bits per heavy atom. The van der Waals surface area contributed by atoms with Gasteiger partial charge in [0.1, 0.15) is 13.2 Å². The summed E-state index contributed by atoms with van der Waals surface area (Å²) in [6.07, 6.45) is 74.2. The third-order valence-electron chi connectivity index (χ3n) is 12.5. The zero-order valence-electron chi connectivity index (χ0n) is 45.3. The highest BCUT2D eigenvalue weighted by Crippen LogP contribution is 2.15. The van der Waals surface area contributed by atoms with E-state index in [-0.39, 0.29) is 31.1 Å². The Balaban J connectivity index is 4.48. The molecular formula is C63H108O6. The molecule has 0 aromatic carbocycles. The molecule has 6 heteroatoms. The number of rotatable bonds is 52. The number of hydrogen-bond donors (Lipinski definition) is 0.